The predicted molar refractivity (Wildman–Crippen MR) is 75.6 cm³/mol. The number of hydrogen-bond donors (Lipinski definition) is 3. The minimum absolute atomic E-state index is 0.130. The van der Waals surface area contributed by atoms with Gasteiger partial charge in [-0.2, -0.15) is 0 Å². The highest BCUT2D eigenvalue weighted by Gasteiger charge is 2.34. The molecule has 114 valence electrons. The maximum atomic E-state index is 11.8. The molecule has 1 aliphatic carbocycles. The van der Waals surface area contributed by atoms with Crippen LogP contribution >= 0.6 is 0 Å². The van der Waals surface area contributed by atoms with E-state index in [1.54, 1.807) is 0 Å². The molecule has 0 bridgehead atoms. The average molecular weight is 283 g/mol. The van der Waals surface area contributed by atoms with Gasteiger partial charge >= 0.3 is 12.0 Å². The smallest absolute Gasteiger partial charge is 0.315 e. The van der Waals surface area contributed by atoms with Crippen molar-refractivity contribution in [3.8, 4) is 0 Å². The van der Waals surface area contributed by atoms with E-state index in [9.17, 15) is 9.59 Å². The number of carboxylic acid groups (broad SMARTS) is 1. The fraction of sp³-hybridized carbons (Fsp3) is 0.857. The van der Waals surface area contributed by atoms with Crippen LogP contribution in [0.1, 0.15) is 39.0 Å². The van der Waals surface area contributed by atoms with Gasteiger partial charge in [-0.3, -0.25) is 9.69 Å². The quantitative estimate of drug-likeness (QED) is 0.651. The molecule has 3 N–H and O–H groups in total. The van der Waals surface area contributed by atoms with Crippen LogP contribution in [-0.2, 0) is 4.79 Å². The lowest BCUT2D eigenvalue weighted by molar-refractivity contribution is -0.137. The third kappa shape index (κ3) is 5.00. The highest BCUT2D eigenvalue weighted by atomic mass is 16.4. The summed E-state index contributed by atoms with van der Waals surface area (Å²) in [6.07, 6.45) is 4.39. The van der Waals surface area contributed by atoms with Crippen molar-refractivity contribution >= 4 is 12.0 Å². The van der Waals surface area contributed by atoms with Gasteiger partial charge in [0.1, 0.15) is 0 Å². The zero-order valence-electron chi connectivity index (χ0n) is 12.1. The molecule has 0 aromatic rings. The lowest BCUT2D eigenvalue weighted by Crippen LogP contribution is -2.44. The normalized spacial score (nSPS) is 24.4. The summed E-state index contributed by atoms with van der Waals surface area (Å²) in [4.78, 5) is 24.7. The molecule has 0 aromatic carbocycles. The number of urea groups is 1. The van der Waals surface area contributed by atoms with E-state index in [2.05, 4.69) is 15.5 Å². The molecular weight excluding hydrogens is 258 g/mol. The second-order valence-electron chi connectivity index (χ2n) is 6.10. The molecule has 2 unspecified atom stereocenters. The van der Waals surface area contributed by atoms with Crippen molar-refractivity contribution in [1.29, 1.82) is 0 Å². The van der Waals surface area contributed by atoms with E-state index in [1.807, 2.05) is 6.92 Å². The standard InChI is InChI=1S/C14H25N3O3/c1-10(2-5-13(18)19)8-15-14(20)16-11-6-7-17(9-11)12-3-4-12/h10-12H,2-9H2,1H3,(H,18,19)(H2,15,16,20). The molecule has 1 saturated heterocycles. The minimum Gasteiger partial charge on any atom is -0.481 e. The average Bonchev–Trinajstić information content (AvgIpc) is 3.15. The van der Waals surface area contributed by atoms with Crippen LogP contribution in [0.4, 0.5) is 4.79 Å². The molecule has 2 amide bonds. The molecule has 1 heterocycles. The summed E-state index contributed by atoms with van der Waals surface area (Å²) in [7, 11) is 0. The van der Waals surface area contributed by atoms with E-state index < -0.39 is 5.97 Å². The topological polar surface area (TPSA) is 81.7 Å². The lowest BCUT2D eigenvalue weighted by atomic mass is 10.1. The van der Waals surface area contributed by atoms with E-state index in [0.717, 1.165) is 25.6 Å². The molecule has 2 aliphatic rings. The van der Waals surface area contributed by atoms with Crippen LogP contribution < -0.4 is 10.6 Å². The zero-order chi connectivity index (χ0) is 14.5. The molecule has 0 radical (unpaired) electrons. The fourth-order valence-electron chi connectivity index (χ4n) is 2.65. The molecular formula is C14H25N3O3. The number of aliphatic carboxylic acids is 1. The van der Waals surface area contributed by atoms with Gasteiger partial charge in [-0.15, -0.1) is 0 Å². The second kappa shape index (κ2) is 6.92. The Hall–Kier alpha value is -1.30. The van der Waals surface area contributed by atoms with Crippen molar-refractivity contribution in [2.75, 3.05) is 19.6 Å². The summed E-state index contributed by atoms with van der Waals surface area (Å²) in [5, 5.41) is 14.4. The van der Waals surface area contributed by atoms with Crippen molar-refractivity contribution in [2.45, 2.75) is 51.1 Å². The molecule has 2 atom stereocenters. The maximum Gasteiger partial charge on any atom is 0.315 e. The summed E-state index contributed by atoms with van der Waals surface area (Å²) in [5.74, 6) is -0.601. The SMILES string of the molecule is CC(CCC(=O)O)CNC(=O)NC1CCN(C2CC2)C1. The van der Waals surface area contributed by atoms with Crippen molar-refractivity contribution < 1.29 is 14.7 Å². The zero-order valence-corrected chi connectivity index (χ0v) is 12.1. The molecule has 2 rings (SSSR count). The van der Waals surface area contributed by atoms with Crippen LogP contribution in [0.2, 0.25) is 0 Å². The first kappa shape index (κ1) is 15.1. The number of carboxylic acids is 1. The summed E-state index contributed by atoms with van der Waals surface area (Å²) >= 11 is 0. The Labute approximate surface area is 119 Å². The van der Waals surface area contributed by atoms with Gasteiger partial charge in [-0.25, -0.2) is 4.79 Å². The highest BCUT2D eigenvalue weighted by Crippen LogP contribution is 2.29. The van der Waals surface area contributed by atoms with Gasteiger partial charge in [0, 0.05) is 38.1 Å². The van der Waals surface area contributed by atoms with Crippen LogP contribution in [0.5, 0.6) is 0 Å². The Balaban J connectivity index is 1.57. The van der Waals surface area contributed by atoms with Crippen LogP contribution in [0.15, 0.2) is 0 Å². The number of likely N-dealkylation sites (tertiary alicyclic amines) is 1. The number of nitrogens with zero attached hydrogens (tertiary/aromatic N) is 1. The molecule has 1 saturated carbocycles. The molecule has 6 nitrogen and oxygen atoms in total. The number of amides is 2. The van der Waals surface area contributed by atoms with Crippen molar-refractivity contribution in [2.24, 2.45) is 5.92 Å². The van der Waals surface area contributed by atoms with Gasteiger partial charge in [-0.1, -0.05) is 6.92 Å². The lowest BCUT2D eigenvalue weighted by Gasteiger charge is -2.17. The van der Waals surface area contributed by atoms with E-state index in [-0.39, 0.29) is 24.4 Å². The Morgan fingerprint density at radius 3 is 2.75 bits per heavy atom. The number of carbonyl (C=O) groups excluding carboxylic acids is 1. The first-order chi connectivity index (χ1) is 9.54. The Morgan fingerprint density at radius 2 is 2.10 bits per heavy atom. The minimum atomic E-state index is -0.785. The van der Waals surface area contributed by atoms with Gasteiger partial charge in [0.25, 0.3) is 0 Å². The van der Waals surface area contributed by atoms with Crippen LogP contribution in [0.25, 0.3) is 0 Å². The highest BCUT2D eigenvalue weighted by molar-refractivity contribution is 5.74. The van der Waals surface area contributed by atoms with Crippen molar-refractivity contribution in [3.63, 3.8) is 0 Å². The number of carbonyl (C=O) groups is 2. The van der Waals surface area contributed by atoms with Crippen molar-refractivity contribution in [3.05, 3.63) is 0 Å². The van der Waals surface area contributed by atoms with E-state index in [1.165, 1.54) is 12.8 Å². The van der Waals surface area contributed by atoms with Crippen molar-refractivity contribution in [1.82, 2.24) is 15.5 Å². The molecule has 0 spiro atoms. The van der Waals surface area contributed by atoms with Gasteiger partial charge in [-0.05, 0) is 31.6 Å². The third-order valence-electron chi connectivity index (χ3n) is 4.08. The molecule has 20 heavy (non-hydrogen) atoms. The first-order valence-electron chi connectivity index (χ1n) is 7.55. The Kier molecular flexibility index (Phi) is 5.23. The molecule has 6 heteroatoms. The predicted octanol–water partition coefficient (Wildman–Crippen LogP) is 1.02. The Bertz CT molecular complexity index is 358. The van der Waals surface area contributed by atoms with Gasteiger partial charge in [0.05, 0.1) is 0 Å². The summed E-state index contributed by atoms with van der Waals surface area (Å²) in [5.41, 5.74) is 0. The number of rotatable bonds is 7. The van der Waals surface area contributed by atoms with E-state index >= 15 is 0 Å². The van der Waals surface area contributed by atoms with Gasteiger partial charge < -0.3 is 15.7 Å². The van der Waals surface area contributed by atoms with Crippen LogP contribution in [-0.4, -0.2) is 53.7 Å². The number of nitrogens with one attached hydrogen (secondary N) is 2. The van der Waals surface area contributed by atoms with Gasteiger partial charge in [0.2, 0.25) is 0 Å². The second-order valence-corrected chi connectivity index (χ2v) is 6.10. The molecule has 2 fully saturated rings. The molecule has 0 aromatic heterocycles. The fourth-order valence-corrected chi connectivity index (χ4v) is 2.65. The maximum absolute atomic E-state index is 11.8. The van der Waals surface area contributed by atoms with Gasteiger partial charge in [0.15, 0.2) is 0 Å². The summed E-state index contributed by atoms with van der Waals surface area (Å²) in [6.45, 7) is 4.53. The largest absolute Gasteiger partial charge is 0.481 e. The summed E-state index contributed by atoms with van der Waals surface area (Å²) < 4.78 is 0. The van der Waals surface area contributed by atoms with Crippen LogP contribution in [0.3, 0.4) is 0 Å². The summed E-state index contributed by atoms with van der Waals surface area (Å²) in [6, 6.07) is 0.889. The number of hydrogen-bond acceptors (Lipinski definition) is 3. The monoisotopic (exact) mass is 283 g/mol. The van der Waals surface area contributed by atoms with E-state index in [4.69, 9.17) is 5.11 Å². The Morgan fingerprint density at radius 1 is 1.35 bits per heavy atom. The first-order valence-corrected chi connectivity index (χ1v) is 7.55. The molecule has 1 aliphatic heterocycles. The van der Waals surface area contributed by atoms with E-state index in [0.29, 0.717) is 13.0 Å². The third-order valence-corrected chi connectivity index (χ3v) is 4.08. The van der Waals surface area contributed by atoms with Crippen LogP contribution in [0, 0.1) is 5.92 Å².